The average Bonchev–Trinajstić information content (AvgIpc) is 2.84. The van der Waals surface area contributed by atoms with Gasteiger partial charge in [-0.2, -0.15) is 0 Å². The van der Waals surface area contributed by atoms with Crippen molar-refractivity contribution >= 4 is 17.5 Å². The fourth-order valence-corrected chi connectivity index (χ4v) is 3.22. The van der Waals surface area contributed by atoms with Gasteiger partial charge in [-0.15, -0.1) is 0 Å². The third-order valence-electron chi connectivity index (χ3n) is 4.22. The van der Waals surface area contributed by atoms with Gasteiger partial charge < -0.3 is 9.32 Å². The fraction of sp³-hybridized carbons (Fsp3) is 0.615. The van der Waals surface area contributed by atoms with Gasteiger partial charge in [-0.3, -0.25) is 9.69 Å². The Balaban J connectivity index is 1.75. The quantitative estimate of drug-likeness (QED) is 0.784. The Hall–Kier alpha value is -1.00. The molecule has 3 rings (SSSR count). The number of hydrogen-bond donors (Lipinski definition) is 0. The van der Waals surface area contributed by atoms with E-state index in [-0.39, 0.29) is 11.1 Å². The van der Waals surface area contributed by atoms with E-state index < -0.39 is 0 Å². The van der Waals surface area contributed by atoms with Crippen molar-refractivity contribution in [3.05, 3.63) is 23.1 Å². The maximum absolute atomic E-state index is 12.3. The second-order valence-corrected chi connectivity index (χ2v) is 5.57. The van der Waals surface area contributed by atoms with Crippen LogP contribution >= 0.6 is 11.6 Å². The molecule has 2 unspecified atom stereocenters. The number of amides is 1. The first kappa shape index (κ1) is 12.1. The van der Waals surface area contributed by atoms with E-state index in [4.69, 9.17) is 16.0 Å². The minimum atomic E-state index is -0.0390. The maximum atomic E-state index is 12.3. The molecule has 0 aromatic carbocycles. The molecular weight excluding hydrogens is 252 g/mol. The van der Waals surface area contributed by atoms with Crippen LogP contribution in [0.25, 0.3) is 0 Å². The molecule has 5 heteroatoms. The third-order valence-corrected chi connectivity index (χ3v) is 4.42. The first-order chi connectivity index (χ1) is 8.65. The van der Waals surface area contributed by atoms with Gasteiger partial charge in [-0.1, -0.05) is 0 Å². The molecule has 2 bridgehead atoms. The molecule has 4 nitrogen and oxygen atoms in total. The number of carbonyl (C=O) groups is 1. The third kappa shape index (κ3) is 2.04. The molecule has 1 aromatic rings. The summed E-state index contributed by atoms with van der Waals surface area (Å²) in [6.07, 6.45) is 3.49. The number of nitrogens with zero attached hydrogens (tertiary/aromatic N) is 2. The summed E-state index contributed by atoms with van der Waals surface area (Å²) in [6, 6.07) is 4.39. The molecule has 0 radical (unpaired) electrons. The predicted molar refractivity (Wildman–Crippen MR) is 68.8 cm³/mol. The minimum absolute atomic E-state index is 0.0390. The van der Waals surface area contributed by atoms with Crippen LogP contribution in [0.5, 0.6) is 0 Å². The van der Waals surface area contributed by atoms with Gasteiger partial charge in [0.2, 0.25) is 0 Å². The molecule has 2 saturated heterocycles. The molecule has 2 aliphatic rings. The van der Waals surface area contributed by atoms with Crippen molar-refractivity contribution in [1.82, 2.24) is 9.80 Å². The Morgan fingerprint density at radius 2 is 2.11 bits per heavy atom. The van der Waals surface area contributed by atoms with E-state index in [2.05, 4.69) is 11.9 Å². The van der Waals surface area contributed by atoms with Crippen molar-refractivity contribution in [2.75, 3.05) is 20.1 Å². The van der Waals surface area contributed by atoms with E-state index in [0.29, 0.717) is 17.8 Å². The van der Waals surface area contributed by atoms with Crippen LogP contribution in [0.15, 0.2) is 16.5 Å². The smallest absolute Gasteiger partial charge is 0.289 e. The van der Waals surface area contributed by atoms with Crippen molar-refractivity contribution in [2.45, 2.75) is 31.3 Å². The van der Waals surface area contributed by atoms with Crippen molar-refractivity contribution in [2.24, 2.45) is 0 Å². The van der Waals surface area contributed by atoms with E-state index in [1.54, 1.807) is 12.1 Å². The fourth-order valence-electron chi connectivity index (χ4n) is 3.08. The van der Waals surface area contributed by atoms with Crippen LogP contribution in [-0.4, -0.2) is 47.9 Å². The zero-order valence-electron chi connectivity index (χ0n) is 10.4. The molecule has 0 aliphatic carbocycles. The molecular formula is C13H17ClN2O2. The number of fused-ring (bicyclic) bond motifs is 2. The molecule has 0 saturated carbocycles. The van der Waals surface area contributed by atoms with E-state index in [1.807, 2.05) is 4.90 Å². The molecule has 3 heterocycles. The normalized spacial score (nSPS) is 28.4. The monoisotopic (exact) mass is 268 g/mol. The van der Waals surface area contributed by atoms with E-state index in [0.717, 1.165) is 19.5 Å². The summed E-state index contributed by atoms with van der Waals surface area (Å²) in [7, 11) is 2.17. The van der Waals surface area contributed by atoms with Crippen LogP contribution in [0.4, 0.5) is 0 Å². The van der Waals surface area contributed by atoms with Crippen molar-refractivity contribution < 1.29 is 9.21 Å². The lowest BCUT2D eigenvalue weighted by Gasteiger charge is -2.25. The molecule has 2 aliphatic heterocycles. The first-order valence-corrected chi connectivity index (χ1v) is 6.79. The van der Waals surface area contributed by atoms with Crippen LogP contribution in [-0.2, 0) is 0 Å². The summed E-state index contributed by atoms with van der Waals surface area (Å²) in [4.78, 5) is 16.6. The van der Waals surface area contributed by atoms with Gasteiger partial charge in [0.05, 0.1) is 0 Å². The highest BCUT2D eigenvalue weighted by Gasteiger charge is 2.36. The second-order valence-electron chi connectivity index (χ2n) is 5.19. The lowest BCUT2D eigenvalue weighted by Crippen LogP contribution is -2.39. The molecule has 0 N–H and O–H groups in total. The number of likely N-dealkylation sites (tertiary alicyclic amines) is 1. The standard InChI is InChI=1S/C13H17ClN2O2/c1-15-9-2-3-10(15)8-16(7-6-9)13(17)11-4-5-12(14)18-11/h4-5,9-10H,2-3,6-8H2,1H3. The van der Waals surface area contributed by atoms with Gasteiger partial charge in [0.15, 0.2) is 11.0 Å². The Morgan fingerprint density at radius 1 is 1.33 bits per heavy atom. The first-order valence-electron chi connectivity index (χ1n) is 6.41. The lowest BCUT2D eigenvalue weighted by molar-refractivity contribution is 0.0708. The van der Waals surface area contributed by atoms with Crippen LogP contribution in [0.3, 0.4) is 0 Å². The molecule has 2 fully saturated rings. The summed E-state index contributed by atoms with van der Waals surface area (Å²) < 4.78 is 5.21. The highest BCUT2D eigenvalue weighted by molar-refractivity contribution is 6.29. The number of hydrogen-bond acceptors (Lipinski definition) is 3. The number of likely N-dealkylation sites (N-methyl/N-ethyl adjacent to an activating group) is 1. The van der Waals surface area contributed by atoms with Crippen LogP contribution in [0.1, 0.15) is 29.8 Å². The van der Waals surface area contributed by atoms with Gasteiger partial charge in [-0.25, -0.2) is 0 Å². The highest BCUT2D eigenvalue weighted by Crippen LogP contribution is 2.29. The zero-order chi connectivity index (χ0) is 12.7. The Morgan fingerprint density at radius 3 is 2.83 bits per heavy atom. The maximum Gasteiger partial charge on any atom is 0.289 e. The number of furan rings is 1. The van der Waals surface area contributed by atoms with Gasteiger partial charge in [-0.05, 0) is 50.0 Å². The lowest BCUT2D eigenvalue weighted by atomic mass is 10.1. The molecule has 0 spiro atoms. The number of halogens is 1. The molecule has 98 valence electrons. The largest absolute Gasteiger partial charge is 0.440 e. The Bertz CT molecular complexity index is 460. The molecule has 1 aromatic heterocycles. The van der Waals surface area contributed by atoms with Crippen molar-refractivity contribution in [3.63, 3.8) is 0 Å². The summed E-state index contributed by atoms with van der Waals surface area (Å²) in [5, 5.41) is 0.270. The van der Waals surface area contributed by atoms with E-state index >= 15 is 0 Å². The van der Waals surface area contributed by atoms with Gasteiger partial charge in [0.25, 0.3) is 5.91 Å². The summed E-state index contributed by atoms with van der Waals surface area (Å²) in [5.74, 6) is 0.309. The summed E-state index contributed by atoms with van der Waals surface area (Å²) >= 11 is 5.72. The number of carbonyl (C=O) groups excluding carboxylic acids is 1. The van der Waals surface area contributed by atoms with E-state index in [1.165, 1.54) is 12.8 Å². The van der Waals surface area contributed by atoms with Gasteiger partial charge >= 0.3 is 0 Å². The highest BCUT2D eigenvalue weighted by atomic mass is 35.5. The van der Waals surface area contributed by atoms with E-state index in [9.17, 15) is 4.79 Å². The zero-order valence-corrected chi connectivity index (χ0v) is 11.2. The molecule has 1 amide bonds. The van der Waals surface area contributed by atoms with Gasteiger partial charge in [0.1, 0.15) is 0 Å². The second kappa shape index (κ2) is 4.59. The van der Waals surface area contributed by atoms with Gasteiger partial charge in [0, 0.05) is 25.2 Å². The van der Waals surface area contributed by atoms with Crippen molar-refractivity contribution in [3.8, 4) is 0 Å². The van der Waals surface area contributed by atoms with Crippen LogP contribution < -0.4 is 0 Å². The Kier molecular flexibility index (Phi) is 3.08. The minimum Gasteiger partial charge on any atom is -0.440 e. The molecule has 18 heavy (non-hydrogen) atoms. The predicted octanol–water partition coefficient (Wildman–Crippen LogP) is 2.24. The topological polar surface area (TPSA) is 36.7 Å². The van der Waals surface area contributed by atoms with Crippen LogP contribution in [0.2, 0.25) is 5.22 Å². The molecule has 2 atom stereocenters. The Labute approximate surface area is 111 Å². The summed E-state index contributed by atoms with van der Waals surface area (Å²) in [5.41, 5.74) is 0. The SMILES string of the molecule is CN1C2CCC1CN(C(=O)c1ccc(Cl)o1)CC2. The van der Waals surface area contributed by atoms with Crippen LogP contribution in [0, 0.1) is 0 Å². The number of rotatable bonds is 1. The van der Waals surface area contributed by atoms with Crippen molar-refractivity contribution in [1.29, 1.82) is 0 Å². The summed E-state index contributed by atoms with van der Waals surface area (Å²) in [6.45, 7) is 1.60. The average molecular weight is 269 g/mol.